The van der Waals surface area contributed by atoms with E-state index in [1.165, 1.54) is 29.4 Å². The smallest absolute Gasteiger partial charge is 0.303 e. The number of carboxylic acids is 1. The average molecular weight is 271 g/mol. The van der Waals surface area contributed by atoms with E-state index in [9.17, 15) is 4.79 Å². The molecule has 0 aliphatic carbocycles. The number of hydrogen-bond acceptors (Lipinski definition) is 2. The monoisotopic (exact) mass is 271 g/mol. The molecule has 1 aromatic carbocycles. The fourth-order valence-electron chi connectivity index (χ4n) is 2.41. The highest BCUT2D eigenvalue weighted by molar-refractivity contribution is 5.83. The average Bonchev–Trinajstić information content (AvgIpc) is 2.43. The van der Waals surface area contributed by atoms with Crippen LogP contribution in [0.2, 0.25) is 0 Å². The van der Waals surface area contributed by atoms with Gasteiger partial charge in [-0.2, -0.15) is 0 Å². The zero-order valence-corrected chi connectivity index (χ0v) is 12.1. The summed E-state index contributed by atoms with van der Waals surface area (Å²) in [5.41, 5.74) is 4.35. The third-order valence-electron chi connectivity index (χ3n) is 3.55. The number of carbonyl (C=O) groups is 1. The maximum atomic E-state index is 10.6. The van der Waals surface area contributed by atoms with Crippen LogP contribution < -0.4 is 0 Å². The van der Waals surface area contributed by atoms with Crippen molar-refractivity contribution in [2.24, 2.45) is 0 Å². The number of carboxylic acid groups (broad SMARTS) is 1. The normalized spacial score (nSPS) is 10.9. The van der Waals surface area contributed by atoms with E-state index in [-0.39, 0.29) is 6.42 Å². The summed E-state index contributed by atoms with van der Waals surface area (Å²) < 4.78 is 0. The minimum absolute atomic E-state index is 0.131. The molecule has 106 valence electrons. The molecule has 3 heteroatoms. The zero-order chi connectivity index (χ0) is 14.5. The number of aliphatic carboxylic acids is 1. The van der Waals surface area contributed by atoms with Crippen LogP contribution in [0.15, 0.2) is 24.3 Å². The predicted octanol–water partition coefficient (Wildman–Crippen LogP) is 3.90. The number of fused-ring (bicyclic) bond motifs is 1. The van der Waals surface area contributed by atoms with Crippen LogP contribution >= 0.6 is 0 Å². The van der Waals surface area contributed by atoms with Crippen molar-refractivity contribution in [1.82, 2.24) is 4.98 Å². The fourth-order valence-corrected chi connectivity index (χ4v) is 2.41. The van der Waals surface area contributed by atoms with Crippen LogP contribution in [0.1, 0.15) is 43.0 Å². The summed E-state index contributed by atoms with van der Waals surface area (Å²) in [6.45, 7) is 4.26. The first-order valence-corrected chi connectivity index (χ1v) is 7.21. The Morgan fingerprint density at radius 3 is 2.75 bits per heavy atom. The molecule has 2 rings (SSSR count). The topological polar surface area (TPSA) is 50.2 Å². The lowest BCUT2D eigenvalue weighted by Gasteiger charge is -2.08. The van der Waals surface area contributed by atoms with Gasteiger partial charge in [-0.15, -0.1) is 0 Å². The second-order valence-corrected chi connectivity index (χ2v) is 5.28. The highest BCUT2D eigenvalue weighted by Crippen LogP contribution is 2.21. The maximum Gasteiger partial charge on any atom is 0.303 e. The Kier molecular flexibility index (Phi) is 4.72. The first-order valence-electron chi connectivity index (χ1n) is 7.21. The highest BCUT2D eigenvalue weighted by Gasteiger charge is 2.06. The van der Waals surface area contributed by atoms with Crippen LogP contribution in [0.3, 0.4) is 0 Å². The minimum Gasteiger partial charge on any atom is -0.481 e. The molecule has 0 saturated carbocycles. The van der Waals surface area contributed by atoms with Crippen LogP contribution in [0, 0.1) is 6.92 Å². The molecule has 0 fully saturated rings. The number of aromatic nitrogens is 1. The minimum atomic E-state index is -0.778. The number of rotatable bonds is 6. The molecule has 0 spiro atoms. The van der Waals surface area contributed by atoms with Crippen molar-refractivity contribution in [1.29, 1.82) is 0 Å². The van der Waals surface area contributed by atoms with Crippen molar-refractivity contribution in [3.8, 4) is 0 Å². The molecule has 0 atom stereocenters. The van der Waals surface area contributed by atoms with Gasteiger partial charge in [-0.05, 0) is 49.1 Å². The largest absolute Gasteiger partial charge is 0.481 e. The van der Waals surface area contributed by atoms with Gasteiger partial charge in [-0.1, -0.05) is 19.4 Å². The summed E-state index contributed by atoms with van der Waals surface area (Å²) in [6.07, 6.45) is 4.13. The molecule has 0 amide bonds. The van der Waals surface area contributed by atoms with Crippen molar-refractivity contribution < 1.29 is 9.90 Å². The summed E-state index contributed by atoms with van der Waals surface area (Å²) in [5, 5.41) is 9.93. The third kappa shape index (κ3) is 3.56. The molecular weight excluding hydrogens is 250 g/mol. The SMILES string of the molecule is CCCCc1ccc2nc(CCC(=O)O)cc(C)c2c1. The van der Waals surface area contributed by atoms with Crippen molar-refractivity contribution in [2.75, 3.05) is 0 Å². The van der Waals surface area contributed by atoms with E-state index < -0.39 is 5.97 Å². The molecule has 20 heavy (non-hydrogen) atoms. The molecule has 1 aromatic heterocycles. The van der Waals surface area contributed by atoms with E-state index in [2.05, 4.69) is 37.0 Å². The van der Waals surface area contributed by atoms with Crippen LogP contribution in [0.5, 0.6) is 0 Å². The summed E-state index contributed by atoms with van der Waals surface area (Å²) in [5.74, 6) is -0.778. The van der Waals surface area contributed by atoms with Gasteiger partial charge in [0.25, 0.3) is 0 Å². The summed E-state index contributed by atoms with van der Waals surface area (Å²) >= 11 is 0. The van der Waals surface area contributed by atoms with Gasteiger partial charge in [0.15, 0.2) is 0 Å². The molecule has 1 N–H and O–H groups in total. The summed E-state index contributed by atoms with van der Waals surface area (Å²) in [4.78, 5) is 15.2. The van der Waals surface area contributed by atoms with Gasteiger partial charge in [-0.3, -0.25) is 9.78 Å². The molecule has 0 aliphatic heterocycles. The molecule has 0 bridgehead atoms. The van der Waals surface area contributed by atoms with Gasteiger partial charge in [0.2, 0.25) is 0 Å². The van der Waals surface area contributed by atoms with Crippen molar-refractivity contribution in [3.05, 3.63) is 41.1 Å². The zero-order valence-electron chi connectivity index (χ0n) is 12.1. The lowest BCUT2D eigenvalue weighted by Crippen LogP contribution is -2.00. The second-order valence-electron chi connectivity index (χ2n) is 5.28. The van der Waals surface area contributed by atoms with Gasteiger partial charge in [-0.25, -0.2) is 0 Å². The van der Waals surface area contributed by atoms with E-state index in [1.54, 1.807) is 0 Å². The standard InChI is InChI=1S/C17H21NO2/c1-3-4-5-13-6-8-16-15(11-13)12(2)10-14(18-16)7-9-17(19)20/h6,8,10-11H,3-5,7,9H2,1-2H3,(H,19,20). The van der Waals surface area contributed by atoms with E-state index in [1.807, 2.05) is 6.07 Å². The lowest BCUT2D eigenvalue weighted by molar-refractivity contribution is -0.136. The Hall–Kier alpha value is -1.90. The Bertz CT molecular complexity index is 620. The number of hydrogen-bond donors (Lipinski definition) is 1. The lowest BCUT2D eigenvalue weighted by atomic mass is 10.0. The first-order chi connectivity index (χ1) is 9.60. The Morgan fingerprint density at radius 2 is 2.05 bits per heavy atom. The third-order valence-corrected chi connectivity index (χ3v) is 3.55. The van der Waals surface area contributed by atoms with Gasteiger partial charge in [0, 0.05) is 17.5 Å². The van der Waals surface area contributed by atoms with Crippen LogP contribution in [0.25, 0.3) is 10.9 Å². The predicted molar refractivity (Wildman–Crippen MR) is 81.0 cm³/mol. The molecule has 0 saturated heterocycles. The molecular formula is C17H21NO2. The molecule has 1 heterocycles. The Balaban J connectivity index is 2.29. The number of pyridine rings is 1. The van der Waals surface area contributed by atoms with E-state index in [4.69, 9.17) is 5.11 Å². The number of aryl methyl sites for hydroxylation is 3. The van der Waals surface area contributed by atoms with E-state index in [0.717, 1.165) is 17.6 Å². The molecule has 2 aromatic rings. The van der Waals surface area contributed by atoms with Crippen molar-refractivity contribution in [3.63, 3.8) is 0 Å². The molecule has 0 aliphatic rings. The van der Waals surface area contributed by atoms with E-state index >= 15 is 0 Å². The Morgan fingerprint density at radius 1 is 1.25 bits per heavy atom. The van der Waals surface area contributed by atoms with Gasteiger partial charge < -0.3 is 5.11 Å². The van der Waals surface area contributed by atoms with Gasteiger partial charge >= 0.3 is 5.97 Å². The van der Waals surface area contributed by atoms with Crippen LogP contribution in [-0.4, -0.2) is 16.1 Å². The highest BCUT2D eigenvalue weighted by atomic mass is 16.4. The summed E-state index contributed by atoms with van der Waals surface area (Å²) in [6, 6.07) is 8.41. The van der Waals surface area contributed by atoms with Crippen LogP contribution in [0.4, 0.5) is 0 Å². The quantitative estimate of drug-likeness (QED) is 0.866. The van der Waals surface area contributed by atoms with Gasteiger partial charge in [0.1, 0.15) is 0 Å². The summed E-state index contributed by atoms with van der Waals surface area (Å²) in [7, 11) is 0. The molecule has 0 radical (unpaired) electrons. The van der Waals surface area contributed by atoms with Crippen LogP contribution in [-0.2, 0) is 17.6 Å². The number of unbranched alkanes of at least 4 members (excludes halogenated alkanes) is 1. The van der Waals surface area contributed by atoms with E-state index in [0.29, 0.717) is 6.42 Å². The number of nitrogens with zero attached hydrogens (tertiary/aromatic N) is 1. The second kappa shape index (κ2) is 6.51. The number of benzene rings is 1. The first kappa shape index (κ1) is 14.5. The van der Waals surface area contributed by atoms with Crippen molar-refractivity contribution >= 4 is 16.9 Å². The maximum absolute atomic E-state index is 10.6. The fraction of sp³-hybridized carbons (Fsp3) is 0.412. The van der Waals surface area contributed by atoms with Crippen molar-refractivity contribution in [2.45, 2.75) is 46.0 Å². The molecule has 0 unspecified atom stereocenters. The van der Waals surface area contributed by atoms with Gasteiger partial charge in [0.05, 0.1) is 11.9 Å². The molecule has 3 nitrogen and oxygen atoms in total. The Labute approximate surface area is 119 Å².